The minimum Gasteiger partial charge on any atom is -0.497 e. The lowest BCUT2D eigenvalue weighted by molar-refractivity contribution is -0.124. The topological polar surface area (TPSA) is 114 Å². The van der Waals surface area contributed by atoms with Crippen molar-refractivity contribution in [2.24, 2.45) is 0 Å². The second-order valence-corrected chi connectivity index (χ2v) is 8.84. The van der Waals surface area contributed by atoms with Crippen molar-refractivity contribution in [1.29, 1.82) is 0 Å². The van der Waals surface area contributed by atoms with E-state index < -0.39 is 33.5 Å². The highest BCUT2D eigenvalue weighted by Crippen LogP contribution is 2.20. The number of imide groups is 1. The maximum Gasteiger partial charge on any atom is 0.322 e. The molecule has 0 spiro atoms. The average molecular weight is 417 g/mol. The SMILES string of the molecule is COc1ccc(Cc2ccc(S(=O)(=O)N[C@H](C)[C@@]3(C)NC(=O)NC3=O)cc2)cc1. The fraction of sp³-hybridized carbons (Fsp3) is 0.300. The zero-order valence-corrected chi connectivity index (χ0v) is 17.2. The van der Waals surface area contributed by atoms with Gasteiger partial charge in [0.05, 0.1) is 18.0 Å². The van der Waals surface area contributed by atoms with Crippen LogP contribution in [0.5, 0.6) is 5.75 Å². The number of hydrogen-bond donors (Lipinski definition) is 3. The van der Waals surface area contributed by atoms with Crippen molar-refractivity contribution in [3.8, 4) is 5.75 Å². The van der Waals surface area contributed by atoms with Crippen molar-refractivity contribution in [2.45, 2.75) is 36.7 Å². The summed E-state index contributed by atoms with van der Waals surface area (Å²) < 4.78 is 33.0. The van der Waals surface area contributed by atoms with Crippen LogP contribution in [-0.4, -0.2) is 39.0 Å². The van der Waals surface area contributed by atoms with E-state index in [0.717, 1.165) is 16.9 Å². The fourth-order valence-electron chi connectivity index (χ4n) is 3.05. The summed E-state index contributed by atoms with van der Waals surface area (Å²) in [6, 6.07) is 12.7. The number of amides is 3. The first kappa shape index (κ1) is 20.8. The first-order chi connectivity index (χ1) is 13.6. The van der Waals surface area contributed by atoms with Gasteiger partial charge in [0.1, 0.15) is 11.3 Å². The average Bonchev–Trinajstić information content (AvgIpc) is 2.95. The molecule has 0 saturated carbocycles. The third kappa shape index (κ3) is 4.41. The Kier molecular flexibility index (Phi) is 5.63. The molecule has 8 nitrogen and oxygen atoms in total. The summed E-state index contributed by atoms with van der Waals surface area (Å²) in [7, 11) is -2.26. The molecule has 3 amide bonds. The van der Waals surface area contributed by atoms with Gasteiger partial charge in [-0.2, -0.15) is 0 Å². The van der Waals surface area contributed by atoms with Crippen LogP contribution in [0.3, 0.4) is 0 Å². The van der Waals surface area contributed by atoms with Crippen molar-refractivity contribution in [3.63, 3.8) is 0 Å². The number of rotatable bonds is 7. The van der Waals surface area contributed by atoms with Crippen molar-refractivity contribution in [2.75, 3.05) is 7.11 Å². The summed E-state index contributed by atoms with van der Waals surface area (Å²) in [5.41, 5.74) is 0.666. The maximum absolute atomic E-state index is 12.7. The lowest BCUT2D eigenvalue weighted by Gasteiger charge is -2.28. The largest absolute Gasteiger partial charge is 0.497 e. The molecule has 2 aromatic carbocycles. The van der Waals surface area contributed by atoms with E-state index in [9.17, 15) is 18.0 Å². The van der Waals surface area contributed by atoms with Crippen molar-refractivity contribution in [1.82, 2.24) is 15.4 Å². The van der Waals surface area contributed by atoms with Crippen LogP contribution in [0.25, 0.3) is 0 Å². The van der Waals surface area contributed by atoms with Crippen LogP contribution in [0.15, 0.2) is 53.4 Å². The highest BCUT2D eigenvalue weighted by Gasteiger charge is 2.47. The molecule has 1 aliphatic rings. The van der Waals surface area contributed by atoms with Crippen LogP contribution >= 0.6 is 0 Å². The molecule has 2 aromatic rings. The van der Waals surface area contributed by atoms with Crippen LogP contribution < -0.4 is 20.1 Å². The molecule has 0 aromatic heterocycles. The highest BCUT2D eigenvalue weighted by atomic mass is 32.2. The molecule has 3 rings (SSSR count). The summed E-state index contributed by atoms with van der Waals surface area (Å²) in [5.74, 6) is 0.198. The van der Waals surface area contributed by atoms with Gasteiger partial charge in [-0.25, -0.2) is 17.9 Å². The minimum atomic E-state index is -3.87. The summed E-state index contributed by atoms with van der Waals surface area (Å²) >= 11 is 0. The number of carbonyl (C=O) groups excluding carboxylic acids is 2. The zero-order chi connectivity index (χ0) is 21.2. The van der Waals surface area contributed by atoms with Crippen LogP contribution in [0.2, 0.25) is 0 Å². The second kappa shape index (κ2) is 7.84. The lowest BCUT2D eigenvalue weighted by atomic mass is 9.95. The Morgan fingerprint density at radius 2 is 1.59 bits per heavy atom. The molecule has 0 unspecified atom stereocenters. The van der Waals surface area contributed by atoms with Gasteiger partial charge in [0.2, 0.25) is 10.0 Å². The number of hydrogen-bond acceptors (Lipinski definition) is 5. The predicted molar refractivity (Wildman–Crippen MR) is 107 cm³/mol. The molecular weight excluding hydrogens is 394 g/mol. The van der Waals surface area contributed by atoms with Crippen LogP contribution in [0, 0.1) is 0 Å². The third-order valence-corrected chi connectivity index (χ3v) is 6.63. The Labute approximate surface area is 169 Å². The van der Waals surface area contributed by atoms with Gasteiger partial charge in [-0.15, -0.1) is 0 Å². The predicted octanol–water partition coefficient (Wildman–Crippen LogP) is 1.55. The quantitative estimate of drug-likeness (QED) is 0.592. The summed E-state index contributed by atoms with van der Waals surface area (Å²) in [6.45, 7) is 3.00. The Hall–Kier alpha value is -2.91. The zero-order valence-electron chi connectivity index (χ0n) is 16.4. The van der Waals surface area contributed by atoms with Gasteiger partial charge in [-0.3, -0.25) is 10.1 Å². The van der Waals surface area contributed by atoms with E-state index in [1.54, 1.807) is 19.2 Å². The van der Waals surface area contributed by atoms with Gasteiger partial charge in [-0.05, 0) is 55.7 Å². The number of carbonyl (C=O) groups is 2. The molecule has 29 heavy (non-hydrogen) atoms. The monoisotopic (exact) mass is 417 g/mol. The van der Waals surface area contributed by atoms with Crippen LogP contribution in [0.4, 0.5) is 4.79 Å². The molecule has 0 radical (unpaired) electrons. The van der Waals surface area contributed by atoms with Gasteiger partial charge in [0, 0.05) is 0 Å². The Bertz CT molecular complexity index is 1020. The summed E-state index contributed by atoms with van der Waals surface area (Å²) in [4.78, 5) is 23.5. The van der Waals surface area contributed by atoms with E-state index in [2.05, 4.69) is 15.4 Å². The second-order valence-electron chi connectivity index (χ2n) is 7.12. The minimum absolute atomic E-state index is 0.0798. The van der Waals surface area contributed by atoms with Crippen LogP contribution in [-0.2, 0) is 21.2 Å². The van der Waals surface area contributed by atoms with E-state index in [0.29, 0.717) is 6.42 Å². The van der Waals surface area contributed by atoms with Crippen molar-refractivity contribution in [3.05, 3.63) is 59.7 Å². The number of benzene rings is 2. The van der Waals surface area contributed by atoms with Crippen LogP contribution in [0.1, 0.15) is 25.0 Å². The maximum atomic E-state index is 12.7. The van der Waals surface area contributed by atoms with E-state index >= 15 is 0 Å². The number of ether oxygens (including phenoxy) is 1. The van der Waals surface area contributed by atoms with Crippen molar-refractivity contribution < 1.29 is 22.7 Å². The first-order valence-electron chi connectivity index (χ1n) is 9.02. The Morgan fingerprint density at radius 1 is 1.03 bits per heavy atom. The van der Waals surface area contributed by atoms with E-state index in [-0.39, 0.29) is 4.90 Å². The normalized spacial score (nSPS) is 20.1. The molecule has 0 aliphatic carbocycles. The van der Waals surface area contributed by atoms with Gasteiger partial charge in [-0.1, -0.05) is 24.3 Å². The first-order valence-corrected chi connectivity index (χ1v) is 10.5. The van der Waals surface area contributed by atoms with E-state index in [4.69, 9.17) is 4.74 Å². The number of methoxy groups -OCH3 is 1. The highest BCUT2D eigenvalue weighted by molar-refractivity contribution is 7.89. The fourth-order valence-corrected chi connectivity index (χ4v) is 4.38. The van der Waals surface area contributed by atoms with Gasteiger partial charge in [0.15, 0.2) is 0 Å². The summed E-state index contributed by atoms with van der Waals surface area (Å²) in [5, 5.41) is 4.58. The van der Waals surface area contributed by atoms with Crippen molar-refractivity contribution >= 4 is 22.0 Å². The molecule has 1 aliphatic heterocycles. The van der Waals surface area contributed by atoms with E-state index in [1.807, 2.05) is 24.3 Å². The molecule has 3 N–H and O–H groups in total. The lowest BCUT2D eigenvalue weighted by Crippen LogP contribution is -2.59. The molecule has 1 saturated heterocycles. The number of sulfonamides is 1. The van der Waals surface area contributed by atoms with E-state index in [1.165, 1.54) is 26.0 Å². The molecule has 154 valence electrons. The smallest absolute Gasteiger partial charge is 0.322 e. The Balaban J connectivity index is 1.70. The third-order valence-electron chi connectivity index (χ3n) is 5.07. The molecular formula is C20H23N3O5S. The van der Waals surface area contributed by atoms with Gasteiger partial charge in [0.25, 0.3) is 5.91 Å². The molecule has 1 fully saturated rings. The molecule has 1 heterocycles. The van der Waals surface area contributed by atoms with Gasteiger partial charge >= 0.3 is 6.03 Å². The number of urea groups is 1. The molecule has 0 bridgehead atoms. The Morgan fingerprint density at radius 3 is 2.07 bits per heavy atom. The molecule has 9 heteroatoms. The van der Waals surface area contributed by atoms with Gasteiger partial charge < -0.3 is 10.1 Å². The molecule has 2 atom stereocenters. The summed E-state index contributed by atoms with van der Waals surface area (Å²) in [6.07, 6.45) is 0.651. The standard InChI is InChI=1S/C20H23N3O5S/c1-13(20(2)18(24)21-19(25)22-20)23-29(26,27)17-10-6-15(7-11-17)12-14-4-8-16(28-3)9-5-14/h4-11,13,23H,12H2,1-3H3,(H2,21,22,24,25)/t13-,20-/m1/s1. The number of nitrogens with one attached hydrogen (secondary N) is 3.